The molecule has 1 aliphatic carbocycles. The van der Waals surface area contributed by atoms with Gasteiger partial charge in [-0.25, -0.2) is 4.39 Å². The van der Waals surface area contributed by atoms with Gasteiger partial charge in [0.1, 0.15) is 29.8 Å². The lowest BCUT2D eigenvalue weighted by molar-refractivity contribution is -0.164. The number of halogens is 2. The van der Waals surface area contributed by atoms with Gasteiger partial charge in [0, 0.05) is 74.7 Å². The number of carbonyl (C=O) groups excluding carboxylic acids is 5. The van der Waals surface area contributed by atoms with Gasteiger partial charge in [0.05, 0.1) is 27.4 Å². The van der Waals surface area contributed by atoms with Gasteiger partial charge >= 0.3 is 0 Å². The second kappa shape index (κ2) is 15.1. The molecule has 318 valence electrons. The number of benzene rings is 2. The monoisotopic (exact) mass is 851 g/mol. The van der Waals surface area contributed by atoms with Crippen LogP contribution in [0.5, 0.6) is 5.75 Å². The molecule has 5 amide bonds. The Hall–Kier alpha value is -5.66. The molecule has 5 aliphatic heterocycles. The van der Waals surface area contributed by atoms with Gasteiger partial charge in [-0.05, 0) is 67.5 Å². The Kier molecular flexibility index (Phi) is 10.1. The lowest BCUT2D eigenvalue weighted by Crippen LogP contribution is -2.74. The Morgan fingerprint density at radius 1 is 0.902 bits per heavy atom. The van der Waals surface area contributed by atoms with E-state index >= 15 is 4.39 Å². The van der Waals surface area contributed by atoms with Gasteiger partial charge in [0.15, 0.2) is 11.5 Å². The largest absolute Gasteiger partial charge is 0.489 e. The molecule has 2 N–H and O–H groups in total. The fourth-order valence-corrected chi connectivity index (χ4v) is 11.3. The van der Waals surface area contributed by atoms with Crippen molar-refractivity contribution in [2.24, 2.45) is 22.7 Å². The van der Waals surface area contributed by atoms with E-state index in [1.54, 1.807) is 24.3 Å². The lowest BCUT2D eigenvalue weighted by atomic mass is 9.49. The lowest BCUT2D eigenvalue weighted by Gasteiger charge is -2.63. The number of anilines is 2. The van der Waals surface area contributed by atoms with Crippen molar-refractivity contribution in [3.8, 4) is 11.8 Å². The topological polar surface area (TPSA) is 181 Å². The molecule has 0 spiro atoms. The Morgan fingerprint density at radius 3 is 2.18 bits per heavy atom. The molecule has 1 unspecified atom stereocenters. The summed E-state index contributed by atoms with van der Waals surface area (Å²) in [6.45, 7) is 12.8. The van der Waals surface area contributed by atoms with Crippen LogP contribution in [0.25, 0.3) is 0 Å². The molecule has 3 atom stereocenters. The average Bonchev–Trinajstić information content (AvgIpc) is 3.89. The molecule has 9 rings (SSSR count). The summed E-state index contributed by atoms with van der Waals surface area (Å²) in [6, 6.07) is 12.3. The minimum absolute atomic E-state index is 0.0131. The molecule has 6 aliphatic rings. The average molecular weight is 852 g/mol. The molecule has 0 bridgehead atoms. The Labute approximate surface area is 357 Å². The van der Waals surface area contributed by atoms with Crippen LogP contribution in [-0.4, -0.2) is 113 Å². The summed E-state index contributed by atoms with van der Waals surface area (Å²) in [4.78, 5) is 71.7. The summed E-state index contributed by atoms with van der Waals surface area (Å²) in [7, 11) is 0. The van der Waals surface area contributed by atoms with Crippen LogP contribution in [0.4, 0.5) is 15.9 Å². The third kappa shape index (κ3) is 6.95. The number of amides is 5. The quantitative estimate of drug-likeness (QED) is 0.309. The van der Waals surface area contributed by atoms with Gasteiger partial charge < -0.3 is 19.9 Å². The fourth-order valence-electron chi connectivity index (χ4n) is 11.1. The number of rotatable bonds is 8. The van der Waals surface area contributed by atoms with E-state index in [9.17, 15) is 29.2 Å². The maximum atomic E-state index is 15.6. The summed E-state index contributed by atoms with van der Waals surface area (Å²) < 4.78 is 21.9. The zero-order valence-electron chi connectivity index (χ0n) is 34.4. The number of nitriles is 1. The summed E-state index contributed by atoms with van der Waals surface area (Å²) in [6.07, 6.45) is 1.70. The van der Waals surface area contributed by atoms with E-state index in [0.717, 1.165) is 55.8 Å². The highest BCUT2D eigenvalue weighted by Gasteiger charge is 2.64. The van der Waals surface area contributed by atoms with Crippen LogP contribution in [0, 0.1) is 39.8 Å². The van der Waals surface area contributed by atoms with Gasteiger partial charge in [-0.15, -0.1) is 10.2 Å². The number of fused-ring (bicyclic) bond motifs is 2. The number of hydrogen-bond acceptors (Lipinski definition) is 12. The van der Waals surface area contributed by atoms with Crippen LogP contribution in [0.15, 0.2) is 42.5 Å². The van der Waals surface area contributed by atoms with Crippen molar-refractivity contribution in [1.29, 1.82) is 5.26 Å². The third-order valence-corrected chi connectivity index (χ3v) is 14.3. The first-order chi connectivity index (χ1) is 29.0. The van der Waals surface area contributed by atoms with Crippen LogP contribution in [0.3, 0.4) is 0 Å². The SMILES string of the molecule is CC1(C)C(NC(=O)c2ccc(N3CCC(N4C[C@H]5CN(c6cc7c(cc6F)C(=O)N(C6CCC(=O)NC6=O)C7=O)C[C@H]5C4)CC3)nn2)C(C)(C)C1Oc1ccc(C#N)c(Cl)c1. The fraction of sp³-hybridized carbons (Fsp3) is 0.500. The molecular formula is C44H47ClFN9O6. The molecule has 4 saturated heterocycles. The van der Waals surface area contributed by atoms with Gasteiger partial charge in [-0.2, -0.15) is 5.26 Å². The number of carbonyl (C=O) groups is 5. The van der Waals surface area contributed by atoms with Crippen LogP contribution in [0.2, 0.25) is 5.02 Å². The number of imide groups is 2. The molecule has 5 fully saturated rings. The molecule has 15 nitrogen and oxygen atoms in total. The maximum absolute atomic E-state index is 15.6. The summed E-state index contributed by atoms with van der Waals surface area (Å²) >= 11 is 6.24. The van der Waals surface area contributed by atoms with Gasteiger partial charge in [0.25, 0.3) is 17.7 Å². The number of hydrogen-bond donors (Lipinski definition) is 2. The van der Waals surface area contributed by atoms with E-state index < -0.39 is 46.3 Å². The standard InChI is InChI=1S/C44H47ClFN9O6/c1-43(2)41(44(3,4)42(43)61-27-6-5-23(18-47)30(45)15-27)49-37(57)32-7-9-35(51-50-32)52-13-11-26(12-14-52)53-19-24-21-54(22-25(24)20-53)34-17-29-28(16-31(34)46)39(59)55(40(29)60)33-8-10-36(56)48-38(33)58/h5-7,9,15-17,24-26,33,41-42H,8,10-14,19-22H2,1-4H3,(H,49,57)(H,48,56,58)/t24-,25+,33?,41?,42?. The first-order valence-corrected chi connectivity index (χ1v) is 21.2. The number of ether oxygens (including phenoxy) is 1. The smallest absolute Gasteiger partial charge is 0.272 e. The van der Waals surface area contributed by atoms with Crippen molar-refractivity contribution < 1.29 is 33.1 Å². The highest BCUT2D eigenvalue weighted by molar-refractivity contribution is 6.31. The molecule has 6 heterocycles. The highest BCUT2D eigenvalue weighted by atomic mass is 35.5. The minimum Gasteiger partial charge on any atom is -0.489 e. The van der Waals surface area contributed by atoms with Gasteiger partial charge in [0.2, 0.25) is 11.8 Å². The normalized spacial score (nSPS) is 27.0. The summed E-state index contributed by atoms with van der Waals surface area (Å²) in [5.74, 6) is -1.47. The van der Waals surface area contributed by atoms with Crippen LogP contribution < -0.4 is 25.2 Å². The van der Waals surface area contributed by atoms with Crippen molar-refractivity contribution in [3.05, 3.63) is 75.7 Å². The number of aromatic nitrogens is 2. The zero-order valence-corrected chi connectivity index (χ0v) is 35.2. The highest BCUT2D eigenvalue weighted by Crippen LogP contribution is 2.55. The molecule has 61 heavy (non-hydrogen) atoms. The Morgan fingerprint density at radius 2 is 1.57 bits per heavy atom. The molecule has 0 radical (unpaired) electrons. The zero-order chi connectivity index (χ0) is 43.1. The van der Waals surface area contributed by atoms with E-state index in [2.05, 4.69) is 36.7 Å². The second-order valence-electron chi connectivity index (χ2n) is 18.5. The first kappa shape index (κ1) is 40.7. The van der Waals surface area contributed by atoms with Crippen molar-refractivity contribution in [2.75, 3.05) is 49.1 Å². The Bertz CT molecular complexity index is 2370. The molecule has 3 aromatic rings. The van der Waals surface area contributed by atoms with Gasteiger partial charge in [-0.1, -0.05) is 39.3 Å². The molecule has 1 aromatic heterocycles. The van der Waals surface area contributed by atoms with Crippen LogP contribution in [-0.2, 0) is 9.59 Å². The van der Waals surface area contributed by atoms with E-state index in [-0.39, 0.29) is 53.4 Å². The van der Waals surface area contributed by atoms with Crippen LogP contribution >= 0.6 is 11.6 Å². The maximum Gasteiger partial charge on any atom is 0.272 e. The van der Waals surface area contributed by atoms with Crippen molar-refractivity contribution in [2.45, 2.75) is 77.6 Å². The van der Waals surface area contributed by atoms with Gasteiger partial charge in [-0.3, -0.25) is 39.1 Å². The number of piperidine rings is 2. The number of nitrogens with one attached hydrogen (secondary N) is 2. The van der Waals surface area contributed by atoms with Crippen LogP contribution in [0.1, 0.15) is 90.1 Å². The molecule has 17 heteroatoms. The van der Waals surface area contributed by atoms with Crippen molar-refractivity contribution in [1.82, 2.24) is 30.6 Å². The molecule has 2 aromatic carbocycles. The number of nitrogens with zero attached hydrogens (tertiary/aromatic N) is 7. The summed E-state index contributed by atoms with van der Waals surface area (Å²) in [5.41, 5.74) is 0.0791. The third-order valence-electron chi connectivity index (χ3n) is 14.0. The predicted molar refractivity (Wildman–Crippen MR) is 221 cm³/mol. The predicted octanol–water partition coefficient (Wildman–Crippen LogP) is 4.19. The Balaban J connectivity index is 0.759. The molecule has 1 saturated carbocycles. The minimum atomic E-state index is -1.10. The van der Waals surface area contributed by atoms with E-state index in [4.69, 9.17) is 16.3 Å². The van der Waals surface area contributed by atoms with Crippen molar-refractivity contribution >= 4 is 52.6 Å². The van der Waals surface area contributed by atoms with E-state index in [1.807, 2.05) is 38.7 Å². The summed E-state index contributed by atoms with van der Waals surface area (Å²) in [5, 5.41) is 23.7. The van der Waals surface area contributed by atoms with E-state index in [0.29, 0.717) is 47.3 Å². The van der Waals surface area contributed by atoms with E-state index in [1.165, 1.54) is 6.07 Å². The van der Waals surface area contributed by atoms with Crippen molar-refractivity contribution in [3.63, 3.8) is 0 Å². The first-order valence-electron chi connectivity index (χ1n) is 20.8. The molecular weight excluding hydrogens is 805 g/mol. The number of likely N-dealkylation sites (tertiary alicyclic amines) is 1. The second-order valence-corrected chi connectivity index (χ2v) is 18.9.